The molecule has 1 N–H and O–H groups in total. The average molecular weight is 283 g/mol. The molecule has 2 rings (SSSR count). The van der Waals surface area contributed by atoms with E-state index >= 15 is 0 Å². The van der Waals surface area contributed by atoms with E-state index in [1.165, 1.54) is 0 Å². The van der Waals surface area contributed by atoms with Gasteiger partial charge in [-0.3, -0.25) is 9.59 Å². The molecule has 2 fully saturated rings. The first-order chi connectivity index (χ1) is 9.65. The van der Waals surface area contributed by atoms with Crippen molar-refractivity contribution in [2.45, 2.75) is 32.5 Å². The first kappa shape index (κ1) is 15.3. The number of carbonyl (C=O) groups is 2. The van der Waals surface area contributed by atoms with Crippen LogP contribution in [0.2, 0.25) is 6.32 Å². The number of amides is 1. The standard InChI is InChI=1S/C13H22BNO5/c1-2-19-14-6-3-4-10-8-15(12(17)5-7-16)9-11(10)13(18)20-14/h10-11,16H,2-9H2,1H3/t10-,11?/m0/s1. The van der Waals surface area contributed by atoms with Gasteiger partial charge in [0.1, 0.15) is 0 Å². The molecular formula is C13H22BNO5. The molecule has 7 heteroatoms. The van der Waals surface area contributed by atoms with E-state index in [1.54, 1.807) is 4.90 Å². The lowest BCUT2D eigenvalue weighted by Crippen LogP contribution is -2.35. The van der Waals surface area contributed by atoms with Crippen LogP contribution in [-0.2, 0) is 18.9 Å². The summed E-state index contributed by atoms with van der Waals surface area (Å²) in [6.07, 6.45) is 2.68. The van der Waals surface area contributed by atoms with E-state index in [-0.39, 0.29) is 36.7 Å². The molecule has 112 valence electrons. The quantitative estimate of drug-likeness (QED) is 0.751. The normalized spacial score (nSPS) is 26.8. The fraction of sp³-hybridized carbons (Fsp3) is 0.846. The molecule has 6 nitrogen and oxygen atoms in total. The maximum absolute atomic E-state index is 12.2. The summed E-state index contributed by atoms with van der Waals surface area (Å²) in [5.74, 6) is -0.422. The van der Waals surface area contributed by atoms with Crippen molar-refractivity contribution in [2.75, 3.05) is 26.3 Å². The van der Waals surface area contributed by atoms with Gasteiger partial charge in [-0.15, -0.1) is 0 Å². The number of rotatable bonds is 4. The fourth-order valence-electron chi connectivity index (χ4n) is 3.01. The van der Waals surface area contributed by atoms with Crippen LogP contribution in [0.3, 0.4) is 0 Å². The van der Waals surface area contributed by atoms with Gasteiger partial charge in [-0.25, -0.2) is 0 Å². The van der Waals surface area contributed by atoms with Crippen LogP contribution in [-0.4, -0.2) is 55.3 Å². The third-order valence-electron chi connectivity index (χ3n) is 4.04. The van der Waals surface area contributed by atoms with Gasteiger partial charge in [0.15, 0.2) is 0 Å². The van der Waals surface area contributed by atoms with Gasteiger partial charge in [0.2, 0.25) is 5.91 Å². The molecule has 2 aliphatic heterocycles. The van der Waals surface area contributed by atoms with Crippen molar-refractivity contribution in [1.29, 1.82) is 0 Å². The number of carbonyl (C=O) groups excluding carboxylic acids is 2. The molecule has 2 saturated heterocycles. The summed E-state index contributed by atoms with van der Waals surface area (Å²) < 4.78 is 10.8. The second-order valence-corrected chi connectivity index (χ2v) is 5.39. The van der Waals surface area contributed by atoms with E-state index in [9.17, 15) is 9.59 Å². The van der Waals surface area contributed by atoms with E-state index in [1.807, 2.05) is 6.92 Å². The van der Waals surface area contributed by atoms with E-state index < -0.39 is 7.12 Å². The number of aliphatic hydroxyl groups excluding tert-OH is 1. The van der Waals surface area contributed by atoms with Crippen molar-refractivity contribution < 1.29 is 24.0 Å². The molecule has 0 radical (unpaired) electrons. The number of hydrogen-bond donors (Lipinski definition) is 1. The highest BCUT2D eigenvalue weighted by Crippen LogP contribution is 2.32. The van der Waals surface area contributed by atoms with Gasteiger partial charge >= 0.3 is 7.12 Å². The van der Waals surface area contributed by atoms with E-state index in [2.05, 4.69) is 0 Å². The molecule has 2 heterocycles. The molecule has 0 aromatic heterocycles. The lowest BCUT2D eigenvalue weighted by atomic mass is 9.77. The topological polar surface area (TPSA) is 76.1 Å². The van der Waals surface area contributed by atoms with Gasteiger partial charge in [-0.05, 0) is 25.6 Å². The Hall–Kier alpha value is -1.08. The van der Waals surface area contributed by atoms with E-state index in [0.717, 1.165) is 12.8 Å². The Balaban J connectivity index is 1.98. The molecule has 20 heavy (non-hydrogen) atoms. The van der Waals surface area contributed by atoms with E-state index in [0.29, 0.717) is 26.0 Å². The maximum atomic E-state index is 12.2. The number of likely N-dealkylation sites (tertiary alicyclic amines) is 1. The summed E-state index contributed by atoms with van der Waals surface area (Å²) in [6.45, 7) is 3.24. The maximum Gasteiger partial charge on any atom is 0.527 e. The van der Waals surface area contributed by atoms with Crippen LogP contribution in [0.1, 0.15) is 26.2 Å². The summed E-state index contributed by atoms with van der Waals surface area (Å²) in [7, 11) is -0.448. The minimum atomic E-state index is -0.448. The highest BCUT2D eigenvalue weighted by Gasteiger charge is 2.42. The van der Waals surface area contributed by atoms with Crippen molar-refractivity contribution in [2.24, 2.45) is 11.8 Å². The van der Waals surface area contributed by atoms with Crippen molar-refractivity contribution in [3.05, 3.63) is 0 Å². The van der Waals surface area contributed by atoms with Crippen LogP contribution in [0.5, 0.6) is 0 Å². The van der Waals surface area contributed by atoms with Gasteiger partial charge in [-0.2, -0.15) is 0 Å². The number of fused-ring (bicyclic) bond motifs is 1. The minimum Gasteiger partial charge on any atom is -0.509 e. The molecule has 0 saturated carbocycles. The molecule has 0 bridgehead atoms. The third kappa shape index (κ3) is 3.52. The summed E-state index contributed by atoms with van der Waals surface area (Å²) in [6, 6.07) is 0. The summed E-state index contributed by atoms with van der Waals surface area (Å²) in [5, 5.41) is 8.84. The zero-order valence-corrected chi connectivity index (χ0v) is 11.9. The molecule has 0 spiro atoms. The lowest BCUT2D eigenvalue weighted by molar-refractivity contribution is -0.142. The van der Waals surface area contributed by atoms with Crippen LogP contribution >= 0.6 is 0 Å². The van der Waals surface area contributed by atoms with Crippen LogP contribution in [0.25, 0.3) is 0 Å². The van der Waals surface area contributed by atoms with E-state index in [4.69, 9.17) is 14.4 Å². The molecular weight excluding hydrogens is 261 g/mol. The Bertz CT molecular complexity index is 365. The second-order valence-electron chi connectivity index (χ2n) is 5.39. The Morgan fingerprint density at radius 3 is 3.05 bits per heavy atom. The molecule has 0 aromatic carbocycles. The summed E-state index contributed by atoms with van der Waals surface area (Å²) in [4.78, 5) is 25.7. The summed E-state index contributed by atoms with van der Waals surface area (Å²) in [5.41, 5.74) is 0. The van der Waals surface area contributed by atoms with Crippen LogP contribution < -0.4 is 0 Å². The Morgan fingerprint density at radius 1 is 1.55 bits per heavy atom. The zero-order valence-electron chi connectivity index (χ0n) is 11.9. The summed E-state index contributed by atoms with van der Waals surface area (Å²) >= 11 is 0. The molecule has 1 amide bonds. The number of aliphatic hydroxyl groups is 1. The Morgan fingerprint density at radius 2 is 2.35 bits per heavy atom. The van der Waals surface area contributed by atoms with Gasteiger partial charge in [0.05, 0.1) is 12.5 Å². The number of nitrogens with zero attached hydrogens (tertiary/aromatic N) is 1. The molecule has 2 aliphatic rings. The van der Waals surface area contributed by atoms with Crippen molar-refractivity contribution in [3.8, 4) is 0 Å². The Labute approximate surface area is 119 Å². The van der Waals surface area contributed by atoms with Crippen molar-refractivity contribution >= 4 is 19.0 Å². The number of hydrogen-bond acceptors (Lipinski definition) is 5. The second kappa shape index (κ2) is 7.08. The monoisotopic (exact) mass is 283 g/mol. The van der Waals surface area contributed by atoms with Crippen molar-refractivity contribution in [3.63, 3.8) is 0 Å². The largest absolute Gasteiger partial charge is 0.527 e. The van der Waals surface area contributed by atoms with Gasteiger partial charge in [-0.1, -0.05) is 6.42 Å². The smallest absolute Gasteiger partial charge is 0.509 e. The minimum absolute atomic E-state index is 0.0894. The molecule has 1 unspecified atom stereocenters. The predicted molar refractivity (Wildman–Crippen MR) is 72.8 cm³/mol. The van der Waals surface area contributed by atoms with Crippen LogP contribution in [0.15, 0.2) is 0 Å². The third-order valence-corrected chi connectivity index (χ3v) is 4.04. The van der Waals surface area contributed by atoms with Gasteiger partial charge in [0.25, 0.3) is 5.97 Å². The molecule has 2 atom stereocenters. The first-order valence-corrected chi connectivity index (χ1v) is 7.36. The highest BCUT2D eigenvalue weighted by molar-refractivity contribution is 6.46. The highest BCUT2D eigenvalue weighted by atomic mass is 16.6. The SMILES string of the molecule is CCOB1CCC[C@H]2CN(C(=O)CCO)CC2C(=O)O1. The molecule has 0 aromatic rings. The average Bonchev–Trinajstić information content (AvgIpc) is 2.81. The van der Waals surface area contributed by atoms with Crippen LogP contribution in [0, 0.1) is 11.8 Å². The zero-order chi connectivity index (χ0) is 14.5. The Kier molecular flexibility index (Phi) is 5.42. The molecule has 0 aliphatic carbocycles. The van der Waals surface area contributed by atoms with Gasteiger partial charge < -0.3 is 19.3 Å². The lowest BCUT2D eigenvalue weighted by Gasteiger charge is -2.23. The van der Waals surface area contributed by atoms with Gasteiger partial charge in [0, 0.05) is 26.1 Å². The predicted octanol–water partition coefficient (Wildman–Crippen LogP) is 0.305. The first-order valence-electron chi connectivity index (χ1n) is 7.36. The fourth-order valence-corrected chi connectivity index (χ4v) is 3.01. The van der Waals surface area contributed by atoms with Crippen molar-refractivity contribution in [1.82, 2.24) is 4.90 Å². The van der Waals surface area contributed by atoms with Crippen LogP contribution in [0.4, 0.5) is 0 Å².